The Kier molecular flexibility index (Phi) is 4.38. The number of allylic oxidation sites excluding steroid dienone is 2. The van der Waals surface area contributed by atoms with Crippen molar-refractivity contribution in [2.24, 2.45) is 0 Å². The number of hydrogen-bond acceptors (Lipinski definition) is 1. The highest BCUT2D eigenvalue weighted by Gasteiger charge is 1.87. The zero-order chi connectivity index (χ0) is 7.98. The van der Waals surface area contributed by atoms with Gasteiger partial charge in [0, 0.05) is 0 Å². The molecule has 1 atom stereocenters. The third-order valence-electron chi connectivity index (χ3n) is 0.978. The Bertz CT molecular complexity index is 145. The molecule has 0 saturated heterocycles. The average molecular weight is 138 g/mol. The van der Waals surface area contributed by atoms with Crippen molar-refractivity contribution in [3.63, 3.8) is 0 Å². The van der Waals surface area contributed by atoms with E-state index in [1.54, 1.807) is 12.3 Å². The van der Waals surface area contributed by atoms with Crippen LogP contribution in [0.15, 0.2) is 37.1 Å². The first-order chi connectivity index (χ1) is 4.66. The molecule has 0 aromatic heterocycles. The molecule has 0 N–H and O–H groups in total. The van der Waals surface area contributed by atoms with E-state index in [1.807, 2.05) is 19.9 Å². The molecule has 0 aromatic carbocycles. The second-order valence-electron chi connectivity index (χ2n) is 2.23. The fraction of sp³-hybridized carbons (Fsp3) is 0.333. The molecule has 0 spiro atoms. The first kappa shape index (κ1) is 9.02. The van der Waals surface area contributed by atoms with E-state index in [9.17, 15) is 0 Å². The third-order valence-corrected chi connectivity index (χ3v) is 0.978. The van der Waals surface area contributed by atoms with E-state index in [4.69, 9.17) is 4.74 Å². The Balaban J connectivity index is 3.52. The Hall–Kier alpha value is -0.980. The maximum Gasteiger partial charge on any atom is 0.113 e. The van der Waals surface area contributed by atoms with Gasteiger partial charge in [-0.1, -0.05) is 24.8 Å². The molecule has 0 heterocycles. The molecule has 0 radical (unpaired) electrons. The summed E-state index contributed by atoms with van der Waals surface area (Å²) in [5.74, 6) is 0. The molecular weight excluding hydrogens is 124 g/mol. The molecule has 56 valence electrons. The number of hydrogen-bond donors (Lipinski definition) is 0. The van der Waals surface area contributed by atoms with E-state index < -0.39 is 0 Å². The predicted molar refractivity (Wildman–Crippen MR) is 44.7 cm³/mol. The average Bonchev–Trinajstić information content (AvgIpc) is 1.87. The van der Waals surface area contributed by atoms with Crippen molar-refractivity contribution >= 4 is 0 Å². The van der Waals surface area contributed by atoms with Crippen LogP contribution in [0.5, 0.6) is 0 Å². The highest BCUT2D eigenvalue weighted by molar-refractivity contribution is 5.08. The van der Waals surface area contributed by atoms with Crippen LogP contribution < -0.4 is 0 Å². The molecule has 0 rings (SSSR count). The lowest BCUT2D eigenvalue weighted by Crippen LogP contribution is -1.96. The predicted octanol–water partition coefficient (Wildman–Crippen LogP) is 2.67. The van der Waals surface area contributed by atoms with Crippen LogP contribution >= 0.6 is 0 Å². The maximum absolute atomic E-state index is 5.14. The van der Waals surface area contributed by atoms with Crippen LogP contribution in [-0.2, 0) is 4.74 Å². The molecule has 10 heavy (non-hydrogen) atoms. The lowest BCUT2D eigenvalue weighted by Gasteiger charge is -2.03. The molecule has 0 fully saturated rings. The highest BCUT2D eigenvalue weighted by atomic mass is 16.5. The van der Waals surface area contributed by atoms with Crippen molar-refractivity contribution in [3.05, 3.63) is 37.1 Å². The molecule has 0 aliphatic rings. The van der Waals surface area contributed by atoms with Crippen LogP contribution in [0.3, 0.4) is 0 Å². The van der Waals surface area contributed by atoms with Gasteiger partial charge in [-0.25, -0.2) is 0 Å². The van der Waals surface area contributed by atoms with E-state index >= 15 is 0 Å². The van der Waals surface area contributed by atoms with Gasteiger partial charge in [-0.2, -0.15) is 0 Å². The fourth-order valence-electron chi connectivity index (χ4n) is 0.335. The van der Waals surface area contributed by atoms with Crippen LogP contribution in [0.1, 0.15) is 13.8 Å². The van der Waals surface area contributed by atoms with Crippen LogP contribution in [0, 0.1) is 0 Å². The summed E-state index contributed by atoms with van der Waals surface area (Å²) in [5, 5.41) is 0. The van der Waals surface area contributed by atoms with Gasteiger partial charge < -0.3 is 4.74 Å². The molecule has 1 heteroatoms. The van der Waals surface area contributed by atoms with Crippen molar-refractivity contribution in [2.45, 2.75) is 20.0 Å². The molecule has 1 unspecified atom stereocenters. The number of ether oxygens (including phenoxy) is 1. The Labute approximate surface area is 62.7 Å². The smallest absolute Gasteiger partial charge is 0.113 e. The molecular formula is C9H14O. The standard InChI is InChI=1S/C9H14O/c1-5-9(4)10-7-6-8(2)3/h5-7,9H,1-2H2,3-4H3. The van der Waals surface area contributed by atoms with Gasteiger partial charge in [0.15, 0.2) is 0 Å². The lowest BCUT2D eigenvalue weighted by molar-refractivity contribution is 0.204. The van der Waals surface area contributed by atoms with Crippen LogP contribution in [0.2, 0.25) is 0 Å². The maximum atomic E-state index is 5.14. The minimum absolute atomic E-state index is 0.0793. The monoisotopic (exact) mass is 138 g/mol. The normalized spacial score (nSPS) is 13.0. The molecule has 0 amide bonds. The summed E-state index contributed by atoms with van der Waals surface area (Å²) >= 11 is 0. The van der Waals surface area contributed by atoms with E-state index in [-0.39, 0.29) is 6.10 Å². The summed E-state index contributed by atoms with van der Waals surface area (Å²) in [6, 6.07) is 0. The summed E-state index contributed by atoms with van der Waals surface area (Å²) in [7, 11) is 0. The quantitative estimate of drug-likeness (QED) is 0.329. The van der Waals surface area contributed by atoms with Crippen molar-refractivity contribution < 1.29 is 4.74 Å². The van der Waals surface area contributed by atoms with Gasteiger partial charge in [0.25, 0.3) is 0 Å². The van der Waals surface area contributed by atoms with Gasteiger partial charge in [-0.3, -0.25) is 0 Å². The minimum Gasteiger partial charge on any atom is -0.494 e. The van der Waals surface area contributed by atoms with E-state index in [0.717, 1.165) is 5.57 Å². The first-order valence-electron chi connectivity index (χ1n) is 3.27. The van der Waals surface area contributed by atoms with Crippen molar-refractivity contribution in [1.82, 2.24) is 0 Å². The summed E-state index contributed by atoms with van der Waals surface area (Å²) in [6.07, 6.45) is 5.27. The zero-order valence-corrected chi connectivity index (χ0v) is 6.63. The van der Waals surface area contributed by atoms with Gasteiger partial charge in [0.05, 0.1) is 6.26 Å². The van der Waals surface area contributed by atoms with Crippen LogP contribution in [0.4, 0.5) is 0 Å². The summed E-state index contributed by atoms with van der Waals surface area (Å²) < 4.78 is 5.14. The fourth-order valence-corrected chi connectivity index (χ4v) is 0.335. The van der Waals surface area contributed by atoms with Crippen LogP contribution in [0.25, 0.3) is 0 Å². The molecule has 0 aliphatic carbocycles. The molecule has 1 nitrogen and oxygen atoms in total. The highest BCUT2D eigenvalue weighted by Crippen LogP contribution is 1.94. The van der Waals surface area contributed by atoms with Crippen molar-refractivity contribution in [3.8, 4) is 0 Å². The third kappa shape index (κ3) is 5.16. The summed E-state index contributed by atoms with van der Waals surface area (Å²) in [5.41, 5.74) is 0.983. The topological polar surface area (TPSA) is 9.23 Å². The van der Waals surface area contributed by atoms with Crippen molar-refractivity contribution in [1.29, 1.82) is 0 Å². The van der Waals surface area contributed by atoms with E-state index in [1.165, 1.54) is 0 Å². The Morgan fingerprint density at radius 3 is 2.60 bits per heavy atom. The first-order valence-corrected chi connectivity index (χ1v) is 3.27. The second-order valence-corrected chi connectivity index (χ2v) is 2.23. The van der Waals surface area contributed by atoms with Crippen LogP contribution in [-0.4, -0.2) is 6.10 Å². The summed E-state index contributed by atoms with van der Waals surface area (Å²) in [4.78, 5) is 0. The molecule has 0 aliphatic heterocycles. The Morgan fingerprint density at radius 1 is 1.60 bits per heavy atom. The van der Waals surface area contributed by atoms with Gasteiger partial charge in [-0.15, -0.1) is 0 Å². The van der Waals surface area contributed by atoms with Gasteiger partial charge in [0.2, 0.25) is 0 Å². The van der Waals surface area contributed by atoms with Crippen molar-refractivity contribution in [2.75, 3.05) is 0 Å². The largest absolute Gasteiger partial charge is 0.494 e. The number of rotatable bonds is 4. The van der Waals surface area contributed by atoms with Gasteiger partial charge in [-0.05, 0) is 19.9 Å². The van der Waals surface area contributed by atoms with E-state index in [0.29, 0.717) is 0 Å². The van der Waals surface area contributed by atoms with Gasteiger partial charge >= 0.3 is 0 Å². The summed E-state index contributed by atoms with van der Waals surface area (Å²) in [6.45, 7) is 11.1. The second kappa shape index (κ2) is 4.86. The van der Waals surface area contributed by atoms with Gasteiger partial charge in [0.1, 0.15) is 6.10 Å². The van der Waals surface area contributed by atoms with E-state index in [2.05, 4.69) is 13.2 Å². The molecule has 0 bridgehead atoms. The minimum atomic E-state index is 0.0793. The zero-order valence-electron chi connectivity index (χ0n) is 6.63. The Morgan fingerprint density at radius 2 is 2.20 bits per heavy atom. The SMILES string of the molecule is C=CC(C)OC=CC(=C)C. The molecule has 0 saturated carbocycles. The lowest BCUT2D eigenvalue weighted by atomic mass is 10.3. The molecule has 0 aromatic rings.